The maximum Gasteiger partial charge on any atom is 0.143 e. The van der Waals surface area contributed by atoms with Gasteiger partial charge in [-0.1, -0.05) is 0 Å². The second kappa shape index (κ2) is 3.36. The molecule has 5 heteroatoms. The molecule has 0 aliphatic carbocycles. The zero-order valence-electron chi connectivity index (χ0n) is 7.37. The molecule has 0 aliphatic rings. The number of fused-ring (bicyclic) bond motifs is 1. The van der Waals surface area contributed by atoms with E-state index in [1.165, 1.54) is 6.07 Å². The molecule has 2 aromatic heterocycles. The van der Waals surface area contributed by atoms with Crippen LogP contribution in [0, 0.1) is 5.82 Å². The summed E-state index contributed by atoms with van der Waals surface area (Å²) in [6, 6.07) is 2.57. The van der Waals surface area contributed by atoms with E-state index in [-0.39, 0.29) is 6.61 Å². The van der Waals surface area contributed by atoms with Crippen LogP contribution < -0.4 is 5.73 Å². The summed E-state index contributed by atoms with van der Waals surface area (Å²) in [5, 5.41) is 8.83. The van der Waals surface area contributed by atoms with Gasteiger partial charge in [-0.2, -0.15) is 0 Å². The fraction of sp³-hybridized carbons (Fsp3) is 0.222. The smallest absolute Gasteiger partial charge is 0.143 e. The molecule has 0 fully saturated rings. The summed E-state index contributed by atoms with van der Waals surface area (Å²) < 4.78 is 12.8. The first kappa shape index (κ1) is 9.11. The van der Waals surface area contributed by atoms with Gasteiger partial charge in [0, 0.05) is 11.8 Å². The first-order chi connectivity index (χ1) is 6.70. The standard InChI is InChI=1S/C9H10FN3O/c10-5-1-9-8(12-3-5)2-7(13-9)6(11)4-14/h1-3,6,13-14H,4,11H2. The first-order valence-electron chi connectivity index (χ1n) is 4.21. The number of nitrogens with one attached hydrogen (secondary N) is 1. The molecule has 14 heavy (non-hydrogen) atoms. The highest BCUT2D eigenvalue weighted by Gasteiger charge is 2.08. The number of nitrogens with two attached hydrogens (primary N) is 1. The average molecular weight is 195 g/mol. The lowest BCUT2D eigenvalue weighted by Crippen LogP contribution is -2.14. The Balaban J connectivity index is 2.51. The molecular formula is C9H10FN3O. The van der Waals surface area contributed by atoms with Crippen LogP contribution in [0.4, 0.5) is 4.39 Å². The van der Waals surface area contributed by atoms with E-state index in [1.807, 2.05) is 0 Å². The van der Waals surface area contributed by atoms with Crippen molar-refractivity contribution in [1.29, 1.82) is 0 Å². The van der Waals surface area contributed by atoms with Gasteiger partial charge in [0.1, 0.15) is 5.82 Å². The molecule has 0 saturated carbocycles. The highest BCUT2D eigenvalue weighted by molar-refractivity contribution is 5.75. The Morgan fingerprint density at radius 3 is 3.07 bits per heavy atom. The van der Waals surface area contributed by atoms with Crippen molar-refractivity contribution >= 4 is 11.0 Å². The molecule has 0 aromatic carbocycles. The van der Waals surface area contributed by atoms with Crippen LogP contribution in [-0.4, -0.2) is 21.7 Å². The number of aliphatic hydroxyl groups is 1. The predicted octanol–water partition coefficient (Wildman–Crippen LogP) is 0.694. The summed E-state index contributed by atoms with van der Waals surface area (Å²) in [6.07, 6.45) is 1.14. The number of hydrogen-bond acceptors (Lipinski definition) is 3. The number of aromatic nitrogens is 2. The van der Waals surface area contributed by atoms with Crippen LogP contribution in [0.25, 0.3) is 11.0 Å². The second-order valence-corrected chi connectivity index (χ2v) is 3.10. The van der Waals surface area contributed by atoms with E-state index < -0.39 is 11.9 Å². The molecule has 2 rings (SSSR count). The summed E-state index contributed by atoms with van der Waals surface area (Å²) in [7, 11) is 0. The zero-order chi connectivity index (χ0) is 10.1. The summed E-state index contributed by atoms with van der Waals surface area (Å²) >= 11 is 0. The number of aliphatic hydroxyl groups excluding tert-OH is 1. The van der Waals surface area contributed by atoms with E-state index in [0.29, 0.717) is 16.7 Å². The molecule has 4 nitrogen and oxygen atoms in total. The van der Waals surface area contributed by atoms with Gasteiger partial charge in [0.05, 0.1) is 29.9 Å². The lowest BCUT2D eigenvalue weighted by molar-refractivity contribution is 0.266. The number of halogens is 1. The van der Waals surface area contributed by atoms with Gasteiger partial charge in [-0.3, -0.25) is 4.98 Å². The largest absolute Gasteiger partial charge is 0.394 e. The van der Waals surface area contributed by atoms with Crippen molar-refractivity contribution in [3.8, 4) is 0 Å². The topological polar surface area (TPSA) is 74.9 Å². The van der Waals surface area contributed by atoms with Gasteiger partial charge in [0.2, 0.25) is 0 Å². The van der Waals surface area contributed by atoms with Gasteiger partial charge >= 0.3 is 0 Å². The lowest BCUT2D eigenvalue weighted by Gasteiger charge is -2.03. The Labute approximate surface area is 79.6 Å². The van der Waals surface area contributed by atoms with E-state index in [9.17, 15) is 4.39 Å². The molecule has 0 saturated heterocycles. The molecule has 74 valence electrons. The Bertz CT molecular complexity index is 454. The highest BCUT2D eigenvalue weighted by Crippen LogP contribution is 2.17. The van der Waals surface area contributed by atoms with Crippen molar-refractivity contribution in [2.24, 2.45) is 5.73 Å². The van der Waals surface area contributed by atoms with Crippen molar-refractivity contribution in [3.05, 3.63) is 29.8 Å². The number of aromatic amines is 1. The van der Waals surface area contributed by atoms with E-state index in [1.54, 1.807) is 6.07 Å². The fourth-order valence-corrected chi connectivity index (χ4v) is 1.30. The van der Waals surface area contributed by atoms with Crippen LogP contribution >= 0.6 is 0 Å². The lowest BCUT2D eigenvalue weighted by atomic mass is 10.2. The molecule has 1 unspecified atom stereocenters. The van der Waals surface area contributed by atoms with Gasteiger partial charge < -0.3 is 15.8 Å². The molecule has 2 heterocycles. The van der Waals surface area contributed by atoms with E-state index in [0.717, 1.165) is 6.20 Å². The van der Waals surface area contributed by atoms with Gasteiger partial charge in [0.15, 0.2) is 0 Å². The normalized spacial score (nSPS) is 13.4. The molecule has 4 N–H and O–H groups in total. The Morgan fingerprint density at radius 1 is 1.57 bits per heavy atom. The number of hydrogen-bond donors (Lipinski definition) is 3. The van der Waals surface area contributed by atoms with E-state index in [4.69, 9.17) is 10.8 Å². The number of nitrogens with zero attached hydrogens (tertiary/aromatic N) is 1. The van der Waals surface area contributed by atoms with E-state index in [2.05, 4.69) is 9.97 Å². The van der Waals surface area contributed by atoms with Crippen molar-refractivity contribution < 1.29 is 9.50 Å². The van der Waals surface area contributed by atoms with Crippen LogP contribution in [0.2, 0.25) is 0 Å². The molecule has 0 radical (unpaired) electrons. The third kappa shape index (κ3) is 1.47. The number of rotatable bonds is 2. The quantitative estimate of drug-likeness (QED) is 0.660. The Hall–Kier alpha value is -1.46. The Morgan fingerprint density at radius 2 is 2.36 bits per heavy atom. The Kier molecular flexibility index (Phi) is 2.18. The highest BCUT2D eigenvalue weighted by atomic mass is 19.1. The van der Waals surface area contributed by atoms with Crippen molar-refractivity contribution in [1.82, 2.24) is 9.97 Å². The van der Waals surface area contributed by atoms with Gasteiger partial charge in [-0.25, -0.2) is 4.39 Å². The minimum absolute atomic E-state index is 0.157. The first-order valence-corrected chi connectivity index (χ1v) is 4.21. The van der Waals surface area contributed by atoms with Gasteiger partial charge in [0.25, 0.3) is 0 Å². The van der Waals surface area contributed by atoms with Crippen LogP contribution in [0.3, 0.4) is 0 Å². The molecule has 1 atom stereocenters. The summed E-state index contributed by atoms with van der Waals surface area (Å²) in [6.45, 7) is -0.157. The molecule has 0 spiro atoms. The third-order valence-electron chi connectivity index (χ3n) is 2.05. The van der Waals surface area contributed by atoms with Crippen molar-refractivity contribution in [3.63, 3.8) is 0 Å². The zero-order valence-corrected chi connectivity index (χ0v) is 7.37. The number of pyridine rings is 1. The molecular weight excluding hydrogens is 185 g/mol. The molecule has 0 aliphatic heterocycles. The van der Waals surface area contributed by atoms with Crippen molar-refractivity contribution in [2.45, 2.75) is 6.04 Å². The second-order valence-electron chi connectivity index (χ2n) is 3.10. The maximum atomic E-state index is 12.8. The predicted molar refractivity (Wildman–Crippen MR) is 50.1 cm³/mol. The number of H-pyrrole nitrogens is 1. The fourth-order valence-electron chi connectivity index (χ4n) is 1.30. The van der Waals surface area contributed by atoms with E-state index >= 15 is 0 Å². The summed E-state index contributed by atoms with van der Waals surface area (Å²) in [4.78, 5) is 6.77. The average Bonchev–Trinajstić information content (AvgIpc) is 2.59. The van der Waals surface area contributed by atoms with Crippen LogP contribution in [0.1, 0.15) is 11.7 Å². The van der Waals surface area contributed by atoms with Crippen LogP contribution in [-0.2, 0) is 0 Å². The molecule has 0 amide bonds. The van der Waals surface area contributed by atoms with Gasteiger partial charge in [-0.05, 0) is 6.07 Å². The minimum atomic E-state index is -0.479. The van der Waals surface area contributed by atoms with Crippen LogP contribution in [0.5, 0.6) is 0 Å². The maximum absolute atomic E-state index is 12.8. The minimum Gasteiger partial charge on any atom is -0.394 e. The molecule has 0 bridgehead atoms. The molecule has 2 aromatic rings. The summed E-state index contributed by atoms with van der Waals surface area (Å²) in [5.74, 6) is -0.400. The summed E-state index contributed by atoms with van der Waals surface area (Å²) in [5.41, 5.74) is 7.48. The monoisotopic (exact) mass is 195 g/mol. The van der Waals surface area contributed by atoms with Gasteiger partial charge in [-0.15, -0.1) is 0 Å². The third-order valence-corrected chi connectivity index (χ3v) is 2.05. The van der Waals surface area contributed by atoms with Crippen molar-refractivity contribution in [2.75, 3.05) is 6.61 Å². The SMILES string of the molecule is NC(CO)c1cc2ncc(F)cc2[nH]1. The van der Waals surface area contributed by atoms with Crippen LogP contribution in [0.15, 0.2) is 18.3 Å².